The van der Waals surface area contributed by atoms with E-state index in [0.717, 1.165) is 26.5 Å². The van der Waals surface area contributed by atoms with Gasteiger partial charge in [0.05, 0.1) is 17.6 Å². The Morgan fingerprint density at radius 2 is 1.71 bits per heavy atom. The van der Waals surface area contributed by atoms with E-state index in [1.54, 1.807) is 0 Å². The van der Waals surface area contributed by atoms with Gasteiger partial charge in [-0.25, -0.2) is 0 Å². The predicted octanol–water partition coefficient (Wildman–Crippen LogP) is 4.68. The van der Waals surface area contributed by atoms with Crippen molar-refractivity contribution in [3.63, 3.8) is 0 Å². The second-order valence-corrected chi connectivity index (χ2v) is 7.42. The van der Waals surface area contributed by atoms with Crippen molar-refractivity contribution < 1.29 is 4.74 Å². The SMILES string of the molecule is Cn1cc(C2=C(C#N)C(c3ccc(Br)cc3)C(C#N)=C(N)O2)c2ccccc21. The molecule has 2 aromatic carbocycles. The molecule has 136 valence electrons. The first-order chi connectivity index (χ1) is 13.5. The van der Waals surface area contributed by atoms with Crippen molar-refractivity contribution in [2.75, 3.05) is 0 Å². The van der Waals surface area contributed by atoms with Gasteiger partial charge in [-0.2, -0.15) is 10.5 Å². The maximum absolute atomic E-state index is 10.0. The van der Waals surface area contributed by atoms with E-state index in [0.29, 0.717) is 11.3 Å². The van der Waals surface area contributed by atoms with Gasteiger partial charge in [0.1, 0.15) is 11.6 Å². The lowest BCUT2D eigenvalue weighted by atomic mass is 9.82. The quantitative estimate of drug-likeness (QED) is 0.638. The van der Waals surface area contributed by atoms with E-state index in [2.05, 4.69) is 28.1 Å². The number of hydrogen-bond donors (Lipinski definition) is 1. The first kappa shape index (κ1) is 17.9. The monoisotopic (exact) mass is 430 g/mol. The molecule has 0 spiro atoms. The van der Waals surface area contributed by atoms with Crippen molar-refractivity contribution in [3.05, 3.63) is 87.4 Å². The summed E-state index contributed by atoms with van der Waals surface area (Å²) in [5.74, 6) is -0.160. The largest absolute Gasteiger partial charge is 0.439 e. The molecule has 0 radical (unpaired) electrons. The van der Waals surface area contributed by atoms with Gasteiger partial charge in [-0.15, -0.1) is 0 Å². The molecule has 1 atom stereocenters. The maximum atomic E-state index is 10.0. The molecule has 1 unspecified atom stereocenters. The van der Waals surface area contributed by atoms with Gasteiger partial charge < -0.3 is 15.0 Å². The van der Waals surface area contributed by atoms with Crippen molar-refractivity contribution in [1.29, 1.82) is 10.5 Å². The van der Waals surface area contributed by atoms with Crippen molar-refractivity contribution in [2.24, 2.45) is 12.8 Å². The molecule has 1 aliphatic heterocycles. The Bertz CT molecular complexity index is 1240. The molecule has 0 amide bonds. The zero-order chi connectivity index (χ0) is 19.8. The number of nitrogens with two attached hydrogens (primary N) is 1. The van der Waals surface area contributed by atoms with Crippen LogP contribution < -0.4 is 5.73 Å². The van der Waals surface area contributed by atoms with Gasteiger partial charge >= 0.3 is 0 Å². The number of aryl methyl sites for hydroxylation is 1. The predicted molar refractivity (Wildman–Crippen MR) is 110 cm³/mol. The summed E-state index contributed by atoms with van der Waals surface area (Å²) >= 11 is 3.42. The molecule has 0 bridgehead atoms. The van der Waals surface area contributed by atoms with Gasteiger partial charge in [0, 0.05) is 34.2 Å². The fourth-order valence-electron chi connectivity index (χ4n) is 3.58. The van der Waals surface area contributed by atoms with Gasteiger partial charge in [0.15, 0.2) is 5.76 Å². The molecule has 2 N–H and O–H groups in total. The molecule has 0 aliphatic carbocycles. The molecular weight excluding hydrogens is 416 g/mol. The zero-order valence-corrected chi connectivity index (χ0v) is 16.6. The molecule has 1 aromatic heterocycles. The maximum Gasteiger partial charge on any atom is 0.205 e. The first-order valence-electron chi connectivity index (χ1n) is 8.57. The third-order valence-corrected chi connectivity index (χ3v) is 5.41. The lowest BCUT2D eigenvalue weighted by Gasteiger charge is -2.25. The fourth-order valence-corrected chi connectivity index (χ4v) is 3.85. The normalized spacial score (nSPS) is 16.6. The standard InChI is InChI=1S/C22H15BrN4O/c1-27-12-18(15-4-2-3-5-19(15)27)21-16(10-24)20(17(11-25)22(26)28-21)13-6-8-14(23)9-7-13/h2-9,12,20H,26H2,1H3. The van der Waals surface area contributed by atoms with Gasteiger partial charge in [-0.05, 0) is 23.8 Å². The smallest absolute Gasteiger partial charge is 0.205 e. The highest BCUT2D eigenvalue weighted by Gasteiger charge is 2.34. The highest BCUT2D eigenvalue weighted by Crippen LogP contribution is 2.43. The van der Waals surface area contributed by atoms with Crippen LogP contribution in [0.5, 0.6) is 0 Å². The second kappa shape index (κ2) is 6.92. The van der Waals surface area contributed by atoms with Gasteiger partial charge in [-0.3, -0.25) is 0 Å². The summed E-state index contributed by atoms with van der Waals surface area (Å²) in [6.45, 7) is 0. The summed E-state index contributed by atoms with van der Waals surface area (Å²) in [7, 11) is 1.94. The Morgan fingerprint density at radius 1 is 1.04 bits per heavy atom. The lowest BCUT2D eigenvalue weighted by Crippen LogP contribution is -2.20. The molecule has 4 rings (SSSR count). The zero-order valence-electron chi connectivity index (χ0n) is 15.0. The highest BCUT2D eigenvalue weighted by atomic mass is 79.9. The summed E-state index contributed by atoms with van der Waals surface area (Å²) < 4.78 is 8.73. The Morgan fingerprint density at radius 3 is 2.39 bits per heavy atom. The van der Waals surface area contributed by atoms with Crippen molar-refractivity contribution in [1.82, 2.24) is 4.57 Å². The van der Waals surface area contributed by atoms with E-state index in [4.69, 9.17) is 10.5 Å². The minimum Gasteiger partial charge on any atom is -0.439 e. The van der Waals surface area contributed by atoms with E-state index in [1.807, 2.05) is 66.3 Å². The summed E-state index contributed by atoms with van der Waals surface area (Å²) in [6, 6.07) is 19.8. The molecule has 1 aliphatic rings. The Labute approximate surface area is 170 Å². The Balaban J connectivity index is 1.99. The average molecular weight is 431 g/mol. The van der Waals surface area contributed by atoms with Crippen LogP contribution in [-0.4, -0.2) is 4.57 Å². The van der Waals surface area contributed by atoms with E-state index in [-0.39, 0.29) is 11.5 Å². The van der Waals surface area contributed by atoms with Crippen LogP contribution >= 0.6 is 15.9 Å². The van der Waals surface area contributed by atoms with E-state index < -0.39 is 5.92 Å². The van der Waals surface area contributed by atoms with Crippen LogP contribution in [0.1, 0.15) is 17.0 Å². The number of rotatable bonds is 2. The van der Waals surface area contributed by atoms with Gasteiger partial charge in [0.2, 0.25) is 5.88 Å². The molecule has 0 saturated carbocycles. The summed E-state index contributed by atoms with van der Waals surface area (Å²) in [5.41, 5.74) is 9.32. The van der Waals surface area contributed by atoms with Crippen LogP contribution in [0.2, 0.25) is 0 Å². The Hall–Kier alpha value is -3.48. The molecule has 6 heteroatoms. The van der Waals surface area contributed by atoms with Crippen LogP contribution in [-0.2, 0) is 11.8 Å². The number of halogens is 1. The average Bonchev–Trinajstić information content (AvgIpc) is 3.04. The fraction of sp³-hybridized carbons (Fsp3) is 0.0909. The van der Waals surface area contributed by atoms with Crippen LogP contribution in [0.4, 0.5) is 0 Å². The highest BCUT2D eigenvalue weighted by molar-refractivity contribution is 9.10. The number of benzene rings is 2. The lowest BCUT2D eigenvalue weighted by molar-refractivity contribution is 0.358. The number of nitriles is 2. The number of fused-ring (bicyclic) bond motifs is 1. The van der Waals surface area contributed by atoms with Crippen molar-refractivity contribution >= 4 is 32.6 Å². The van der Waals surface area contributed by atoms with E-state index in [1.165, 1.54) is 0 Å². The molecule has 2 heterocycles. The summed E-state index contributed by atoms with van der Waals surface area (Å²) in [4.78, 5) is 0. The van der Waals surface area contributed by atoms with Crippen molar-refractivity contribution in [3.8, 4) is 12.1 Å². The second-order valence-electron chi connectivity index (χ2n) is 6.50. The molecule has 5 nitrogen and oxygen atoms in total. The topological polar surface area (TPSA) is 87.8 Å². The minimum atomic E-state index is -0.578. The minimum absolute atomic E-state index is 0.0253. The summed E-state index contributed by atoms with van der Waals surface area (Å²) in [6.07, 6.45) is 1.92. The Kier molecular flexibility index (Phi) is 4.43. The van der Waals surface area contributed by atoms with Gasteiger partial charge in [-0.1, -0.05) is 46.3 Å². The molecular formula is C22H15BrN4O. The number of allylic oxidation sites excluding steroid dienone is 2. The van der Waals surface area contributed by atoms with Gasteiger partial charge in [0.25, 0.3) is 0 Å². The molecule has 3 aromatic rings. The number of ether oxygens (including phenoxy) is 1. The molecule has 0 saturated heterocycles. The van der Waals surface area contributed by atoms with Crippen LogP contribution in [0.15, 0.2) is 76.2 Å². The van der Waals surface area contributed by atoms with E-state index >= 15 is 0 Å². The van der Waals surface area contributed by atoms with E-state index in [9.17, 15) is 10.5 Å². The third kappa shape index (κ3) is 2.76. The summed E-state index contributed by atoms with van der Waals surface area (Å²) in [5, 5.41) is 20.6. The van der Waals surface area contributed by atoms with Crippen molar-refractivity contribution in [2.45, 2.75) is 5.92 Å². The van der Waals surface area contributed by atoms with Crippen LogP contribution in [0, 0.1) is 22.7 Å². The number of aromatic nitrogens is 1. The van der Waals surface area contributed by atoms with Crippen LogP contribution in [0.3, 0.4) is 0 Å². The third-order valence-electron chi connectivity index (χ3n) is 4.89. The number of nitrogens with zero attached hydrogens (tertiary/aromatic N) is 3. The first-order valence-corrected chi connectivity index (χ1v) is 9.36. The number of para-hydroxylation sites is 1. The number of hydrogen-bond acceptors (Lipinski definition) is 4. The van der Waals surface area contributed by atoms with Crippen LogP contribution in [0.25, 0.3) is 16.7 Å². The molecule has 0 fully saturated rings. The molecule has 28 heavy (non-hydrogen) atoms.